The Bertz CT molecular complexity index is 1420. The highest BCUT2D eigenvalue weighted by Gasteiger charge is 2.57. The Balaban J connectivity index is 1.94. The predicted molar refractivity (Wildman–Crippen MR) is 156 cm³/mol. The second-order valence-electron chi connectivity index (χ2n) is 9.71. The molecule has 3 amide bonds. The predicted octanol–water partition coefficient (Wildman–Crippen LogP) is 0.804. The summed E-state index contributed by atoms with van der Waals surface area (Å²) in [6, 6.07) is -1.41. The molecule has 0 aromatic carbocycles. The molecule has 2 aliphatic heterocycles. The normalized spacial score (nSPS) is 20.8. The molecule has 15 nitrogen and oxygen atoms in total. The van der Waals surface area contributed by atoms with Gasteiger partial charge in [-0.3, -0.25) is 24.0 Å². The molecule has 43 heavy (non-hydrogen) atoms. The molecule has 0 bridgehead atoms. The third-order valence-electron chi connectivity index (χ3n) is 5.61. The van der Waals surface area contributed by atoms with Crippen molar-refractivity contribution in [1.29, 1.82) is 0 Å². The fourth-order valence-electron chi connectivity index (χ4n) is 3.77. The summed E-state index contributed by atoms with van der Waals surface area (Å²) in [6.07, 6.45) is -2.19. The second kappa shape index (κ2) is 14.1. The van der Waals surface area contributed by atoms with Gasteiger partial charge in [0.05, 0.1) is 16.6 Å². The van der Waals surface area contributed by atoms with Gasteiger partial charge < -0.3 is 24.2 Å². The van der Waals surface area contributed by atoms with E-state index in [1.165, 1.54) is 0 Å². The van der Waals surface area contributed by atoms with Gasteiger partial charge in [0.15, 0.2) is 10.8 Å². The first-order valence-electron chi connectivity index (χ1n) is 12.2. The number of halogens is 2. The molecule has 2 N–H and O–H groups in total. The highest BCUT2D eigenvalue weighted by molar-refractivity contribution is 7.86. The van der Waals surface area contributed by atoms with Gasteiger partial charge >= 0.3 is 34.1 Å². The summed E-state index contributed by atoms with van der Waals surface area (Å²) in [4.78, 5) is 73.1. The van der Waals surface area contributed by atoms with Crippen LogP contribution < -0.4 is 10.6 Å². The Morgan fingerprint density at radius 1 is 1.26 bits per heavy atom. The number of β-lactam (4-membered cyclic amide) rings is 1. The molecule has 1 aromatic rings. The number of hydrogen-bond acceptors (Lipinski definition) is 13. The van der Waals surface area contributed by atoms with Gasteiger partial charge in [-0.15, -0.1) is 11.6 Å². The molecule has 3 heterocycles. The fourth-order valence-corrected chi connectivity index (χ4v) is 6.82. The summed E-state index contributed by atoms with van der Waals surface area (Å²) < 4.78 is 26.4. The number of fused-ring (bicyclic) bond motifs is 1. The zero-order valence-corrected chi connectivity index (χ0v) is 26.1. The average Bonchev–Trinajstić information content (AvgIpc) is 3.30. The highest BCUT2D eigenvalue weighted by Crippen LogP contribution is 2.36. The van der Waals surface area contributed by atoms with Crippen LogP contribution in [-0.4, -0.2) is 101 Å². The minimum absolute atomic E-state index is 0.0249. The van der Waals surface area contributed by atoms with E-state index in [-0.39, 0.29) is 44.5 Å². The number of carbonyl (C=O) groups is 5. The standard InChI is InChI=1S/C22H23B2Cl2N5O10S2/c1-5-9(18(34)39-23)41-30-11(10-14(26)42-20(28-10)29-21(36)38-22(2,3)4)15(32)27-12-16(33)31-13(19(35)40-24)8(6-25)7-43(37)17(12)31/h9,12,17H,5-7H2,1-4H3,(H,27,32)(H,28,29,36)/b30-11-/t9-,12-,17-,43?/m1/s1. The molecule has 0 saturated carbocycles. The second-order valence-corrected chi connectivity index (χ2v) is 13.1. The lowest BCUT2D eigenvalue weighted by Gasteiger charge is -2.49. The van der Waals surface area contributed by atoms with Crippen molar-refractivity contribution in [3.8, 4) is 0 Å². The maximum Gasteiger partial charge on any atom is 0.413 e. The topological polar surface area (TPSA) is 192 Å². The Labute approximate surface area is 264 Å². The van der Waals surface area contributed by atoms with Crippen molar-refractivity contribution in [2.75, 3.05) is 16.9 Å². The Hall–Kier alpha value is -3.15. The van der Waals surface area contributed by atoms with Gasteiger partial charge in [0.2, 0.25) is 6.10 Å². The van der Waals surface area contributed by atoms with E-state index >= 15 is 0 Å². The van der Waals surface area contributed by atoms with Gasteiger partial charge in [-0.1, -0.05) is 35.0 Å². The maximum absolute atomic E-state index is 13.5. The number of oxime groups is 1. The van der Waals surface area contributed by atoms with Crippen molar-refractivity contribution in [1.82, 2.24) is 15.2 Å². The molecule has 4 radical (unpaired) electrons. The number of ether oxygens (including phenoxy) is 1. The van der Waals surface area contributed by atoms with Crippen LogP contribution in [0.1, 0.15) is 39.8 Å². The van der Waals surface area contributed by atoms with E-state index in [4.69, 9.17) is 48.9 Å². The van der Waals surface area contributed by atoms with Crippen molar-refractivity contribution in [3.05, 3.63) is 21.3 Å². The first-order chi connectivity index (χ1) is 20.2. The third kappa shape index (κ3) is 7.69. The number of aromatic nitrogens is 1. The summed E-state index contributed by atoms with van der Waals surface area (Å²) in [5, 5.41) is 7.20. The largest absolute Gasteiger partial charge is 0.541 e. The minimum atomic E-state index is -1.81. The van der Waals surface area contributed by atoms with Crippen LogP contribution >= 0.6 is 34.5 Å². The molecular weight excluding hydrogens is 651 g/mol. The van der Waals surface area contributed by atoms with Crippen molar-refractivity contribution >= 4 is 102 Å². The van der Waals surface area contributed by atoms with Crippen molar-refractivity contribution < 1.29 is 47.1 Å². The van der Waals surface area contributed by atoms with Crippen LogP contribution in [0.4, 0.5) is 9.93 Å². The van der Waals surface area contributed by atoms with Gasteiger partial charge in [-0.25, -0.2) is 19.4 Å². The molecule has 0 aliphatic carbocycles. The summed E-state index contributed by atoms with van der Waals surface area (Å²) in [5.74, 6) is -4.45. The monoisotopic (exact) mass is 673 g/mol. The van der Waals surface area contributed by atoms with Crippen LogP contribution in [0.3, 0.4) is 0 Å². The van der Waals surface area contributed by atoms with Gasteiger partial charge in [-0.2, -0.15) is 0 Å². The average molecular weight is 674 g/mol. The van der Waals surface area contributed by atoms with Gasteiger partial charge in [0.25, 0.3) is 11.8 Å². The number of rotatable bonds is 10. The number of thiazole rings is 1. The first-order valence-corrected chi connectivity index (χ1v) is 15.3. The molecule has 0 spiro atoms. The number of hydrogen-bond donors (Lipinski definition) is 2. The Kier molecular flexibility index (Phi) is 11.3. The van der Waals surface area contributed by atoms with E-state index in [0.717, 1.165) is 16.2 Å². The molecule has 4 atom stereocenters. The molecule has 3 rings (SSSR count). The molecule has 21 heteroatoms. The molecule has 1 fully saturated rings. The molecule has 1 saturated heterocycles. The number of nitrogens with zero attached hydrogens (tertiary/aromatic N) is 3. The van der Waals surface area contributed by atoms with E-state index in [1.54, 1.807) is 27.7 Å². The van der Waals surface area contributed by atoms with E-state index in [1.807, 2.05) is 0 Å². The van der Waals surface area contributed by atoms with Crippen molar-refractivity contribution in [2.24, 2.45) is 5.16 Å². The van der Waals surface area contributed by atoms with E-state index < -0.39 is 69.5 Å². The zero-order valence-electron chi connectivity index (χ0n) is 23.0. The quantitative estimate of drug-likeness (QED) is 0.117. The Morgan fingerprint density at radius 3 is 2.49 bits per heavy atom. The SMILES string of the molecule is [B]OC(=O)C1=C(CCl)CS(=O)[C@@H]2[C@H](NC(=O)/C(=N\O[C@H](CC)C(=O)O[B])c3nc(NC(=O)OC(C)(C)C)sc3Cl)C(=O)N12. The van der Waals surface area contributed by atoms with Crippen molar-refractivity contribution in [3.63, 3.8) is 0 Å². The molecule has 2 aliphatic rings. The smallest absolute Gasteiger partial charge is 0.413 e. The summed E-state index contributed by atoms with van der Waals surface area (Å²) in [7, 11) is 8.11. The van der Waals surface area contributed by atoms with Crippen LogP contribution in [0.15, 0.2) is 16.4 Å². The number of nitrogens with one attached hydrogen (secondary N) is 2. The maximum atomic E-state index is 13.5. The van der Waals surface area contributed by atoms with E-state index in [0.29, 0.717) is 0 Å². The highest BCUT2D eigenvalue weighted by atomic mass is 35.5. The summed E-state index contributed by atoms with van der Waals surface area (Å²) in [5.41, 5.74) is -1.88. The Morgan fingerprint density at radius 2 is 1.93 bits per heavy atom. The lowest BCUT2D eigenvalue weighted by Crippen LogP contribution is -2.74. The van der Waals surface area contributed by atoms with Gasteiger partial charge in [-0.05, 0) is 32.8 Å². The molecular formula is C22H23B2Cl2N5O10S2. The fraction of sp³-hybridized carbons (Fsp3) is 0.500. The number of amides is 3. The lowest BCUT2D eigenvalue weighted by atomic mass is 10.0. The van der Waals surface area contributed by atoms with Crippen molar-refractivity contribution in [2.45, 2.75) is 57.2 Å². The summed E-state index contributed by atoms with van der Waals surface area (Å²) in [6.45, 7) is 6.48. The van der Waals surface area contributed by atoms with Crippen LogP contribution in [0, 0.1) is 0 Å². The molecule has 1 unspecified atom stereocenters. The zero-order chi connectivity index (χ0) is 32.2. The molecule has 228 valence electrons. The van der Waals surface area contributed by atoms with Crippen LogP contribution in [0.5, 0.6) is 0 Å². The lowest BCUT2D eigenvalue weighted by molar-refractivity contribution is -0.149. The molecule has 1 aromatic heterocycles. The van der Waals surface area contributed by atoms with Gasteiger partial charge in [0.1, 0.15) is 32.7 Å². The number of anilines is 1. The van der Waals surface area contributed by atoms with Crippen LogP contribution in [0.2, 0.25) is 4.34 Å². The van der Waals surface area contributed by atoms with Gasteiger partial charge in [0, 0.05) is 5.88 Å². The number of alkyl halides is 1. The summed E-state index contributed by atoms with van der Waals surface area (Å²) >= 11 is 12.9. The minimum Gasteiger partial charge on any atom is -0.541 e. The number of carbonyl (C=O) groups excluding carboxylic acids is 5. The van der Waals surface area contributed by atoms with Crippen LogP contribution in [-0.2, 0) is 48.9 Å². The van der Waals surface area contributed by atoms with E-state index in [2.05, 4.69) is 30.1 Å². The van der Waals surface area contributed by atoms with E-state index in [9.17, 15) is 28.2 Å². The third-order valence-corrected chi connectivity index (χ3v) is 8.75. The van der Waals surface area contributed by atoms with Crippen LogP contribution in [0.25, 0.3) is 0 Å². The first kappa shape index (κ1) is 34.3.